The number of nitrogens with one attached hydrogen (secondary N) is 1. The minimum atomic E-state index is -0.319. The average Bonchev–Trinajstić information content (AvgIpc) is 3.10. The molecule has 0 unspecified atom stereocenters. The van der Waals surface area contributed by atoms with Gasteiger partial charge in [-0.1, -0.05) is 0 Å². The molecule has 0 spiro atoms. The van der Waals surface area contributed by atoms with E-state index >= 15 is 0 Å². The van der Waals surface area contributed by atoms with Gasteiger partial charge >= 0.3 is 0 Å². The molecule has 20 heavy (non-hydrogen) atoms. The van der Waals surface area contributed by atoms with Crippen LogP contribution in [0.25, 0.3) is 6.08 Å². The molecule has 0 fully saturated rings. The van der Waals surface area contributed by atoms with Crippen molar-refractivity contribution in [1.29, 1.82) is 0 Å². The van der Waals surface area contributed by atoms with Crippen LogP contribution < -0.4 is 10.5 Å². The quantitative estimate of drug-likeness (QED) is 0.796. The van der Waals surface area contributed by atoms with Crippen LogP contribution in [0.2, 0.25) is 0 Å². The fourth-order valence-corrected chi connectivity index (χ4v) is 2.95. The summed E-state index contributed by atoms with van der Waals surface area (Å²) in [5.74, 6) is 0.550. The van der Waals surface area contributed by atoms with Crippen molar-refractivity contribution < 1.29 is 9.21 Å². The highest BCUT2D eigenvalue weighted by molar-refractivity contribution is 8.15. The first-order chi connectivity index (χ1) is 9.74. The number of furan rings is 1. The molecule has 7 nitrogen and oxygen atoms in total. The molecule has 0 saturated heterocycles. The normalized spacial score (nSPS) is 18.4. The molecule has 2 aromatic rings. The van der Waals surface area contributed by atoms with Gasteiger partial charge in [0.2, 0.25) is 0 Å². The van der Waals surface area contributed by atoms with Gasteiger partial charge in [-0.05, 0) is 23.9 Å². The molecular weight excluding hydrogens is 280 g/mol. The number of hydrogen-bond acceptors (Lipinski definition) is 6. The van der Waals surface area contributed by atoms with Gasteiger partial charge < -0.3 is 9.40 Å². The lowest BCUT2D eigenvalue weighted by atomic mass is 10.3. The van der Waals surface area contributed by atoms with E-state index in [2.05, 4.69) is 15.0 Å². The van der Waals surface area contributed by atoms with Crippen molar-refractivity contribution in [2.24, 2.45) is 4.99 Å². The Morgan fingerprint density at radius 2 is 2.30 bits per heavy atom. The SMILES string of the molecule is O=C1/C(=C\c2ccco2)N=C2Sc3c(nc[nH]c3=O)N12. The van der Waals surface area contributed by atoms with Crippen LogP contribution in [0.1, 0.15) is 5.76 Å². The summed E-state index contributed by atoms with van der Waals surface area (Å²) in [6.45, 7) is 0. The lowest BCUT2D eigenvalue weighted by molar-refractivity contribution is -0.113. The number of aromatic nitrogens is 2. The van der Waals surface area contributed by atoms with Crippen LogP contribution >= 0.6 is 11.8 Å². The fourth-order valence-electron chi connectivity index (χ4n) is 1.98. The summed E-state index contributed by atoms with van der Waals surface area (Å²) in [5.41, 5.74) is -0.0170. The van der Waals surface area contributed by atoms with Crippen molar-refractivity contribution in [1.82, 2.24) is 9.97 Å². The van der Waals surface area contributed by atoms with Gasteiger partial charge in [0.1, 0.15) is 16.4 Å². The van der Waals surface area contributed by atoms with Crippen molar-refractivity contribution in [3.8, 4) is 0 Å². The number of anilines is 1. The van der Waals surface area contributed by atoms with Gasteiger partial charge in [0.25, 0.3) is 11.5 Å². The highest BCUT2D eigenvalue weighted by Crippen LogP contribution is 2.40. The largest absolute Gasteiger partial charge is 0.465 e. The van der Waals surface area contributed by atoms with Gasteiger partial charge in [0.15, 0.2) is 11.0 Å². The number of rotatable bonds is 1. The molecule has 8 heteroatoms. The minimum Gasteiger partial charge on any atom is -0.465 e. The number of amides is 1. The number of H-pyrrole nitrogens is 1. The predicted molar refractivity (Wildman–Crippen MR) is 72.3 cm³/mol. The van der Waals surface area contributed by atoms with E-state index in [0.717, 1.165) is 11.8 Å². The predicted octanol–water partition coefficient (Wildman–Crippen LogP) is 1.21. The molecule has 4 rings (SSSR count). The second-order valence-electron chi connectivity index (χ2n) is 4.07. The van der Waals surface area contributed by atoms with Crippen LogP contribution in [-0.2, 0) is 4.79 Å². The Kier molecular flexibility index (Phi) is 2.21. The molecule has 0 bridgehead atoms. The molecule has 0 saturated carbocycles. The Morgan fingerprint density at radius 3 is 3.10 bits per heavy atom. The lowest BCUT2D eigenvalue weighted by Crippen LogP contribution is -2.28. The molecule has 98 valence electrons. The van der Waals surface area contributed by atoms with Gasteiger partial charge in [0, 0.05) is 6.08 Å². The smallest absolute Gasteiger partial charge is 0.284 e. The first-order valence-corrected chi connectivity index (χ1v) is 6.49. The maximum atomic E-state index is 12.3. The van der Waals surface area contributed by atoms with Gasteiger partial charge in [-0.2, -0.15) is 0 Å². The van der Waals surface area contributed by atoms with Crippen LogP contribution in [0, 0.1) is 0 Å². The summed E-state index contributed by atoms with van der Waals surface area (Å²) >= 11 is 1.13. The van der Waals surface area contributed by atoms with Crippen LogP contribution in [0.15, 0.2) is 49.5 Å². The highest BCUT2D eigenvalue weighted by atomic mass is 32.2. The van der Waals surface area contributed by atoms with E-state index in [0.29, 0.717) is 21.6 Å². The Morgan fingerprint density at radius 1 is 1.40 bits per heavy atom. The van der Waals surface area contributed by atoms with E-state index in [1.54, 1.807) is 18.2 Å². The maximum Gasteiger partial charge on any atom is 0.284 e. The van der Waals surface area contributed by atoms with E-state index in [1.165, 1.54) is 17.5 Å². The average molecular weight is 286 g/mol. The molecule has 0 aliphatic carbocycles. The van der Waals surface area contributed by atoms with Crippen molar-refractivity contribution in [2.45, 2.75) is 4.90 Å². The zero-order chi connectivity index (χ0) is 13.7. The molecule has 1 N–H and O–H groups in total. The number of nitrogens with zero attached hydrogens (tertiary/aromatic N) is 3. The molecule has 1 amide bonds. The Hall–Kier alpha value is -2.61. The molecule has 2 aromatic heterocycles. The second kappa shape index (κ2) is 3.94. The van der Waals surface area contributed by atoms with Crippen molar-refractivity contribution in [3.63, 3.8) is 0 Å². The molecule has 0 aromatic carbocycles. The Bertz CT molecular complexity index is 835. The van der Waals surface area contributed by atoms with Gasteiger partial charge in [-0.25, -0.2) is 14.9 Å². The first kappa shape index (κ1) is 11.2. The molecule has 2 aliphatic heterocycles. The second-order valence-corrected chi connectivity index (χ2v) is 5.04. The summed E-state index contributed by atoms with van der Waals surface area (Å²) in [4.78, 5) is 36.4. The summed E-state index contributed by atoms with van der Waals surface area (Å²) < 4.78 is 5.16. The standard InChI is InChI=1S/C12H6N4O3S/c17-10-8-9(13-5-14-10)16-11(18)7(15-12(16)20-8)4-6-2-1-3-19-6/h1-5H,(H,13,14,17)/b7-4+. The van der Waals surface area contributed by atoms with E-state index in [9.17, 15) is 9.59 Å². The number of carbonyl (C=O) groups excluding carboxylic acids is 1. The monoisotopic (exact) mass is 286 g/mol. The molecule has 2 aliphatic rings. The van der Waals surface area contributed by atoms with Crippen LogP contribution in [0.5, 0.6) is 0 Å². The van der Waals surface area contributed by atoms with Gasteiger partial charge in [-0.3, -0.25) is 9.59 Å². The summed E-state index contributed by atoms with van der Waals surface area (Å²) in [6.07, 6.45) is 4.35. The van der Waals surface area contributed by atoms with Crippen LogP contribution in [0.4, 0.5) is 5.82 Å². The molecular formula is C12H6N4O3S. The van der Waals surface area contributed by atoms with Gasteiger partial charge in [0.05, 0.1) is 12.6 Å². The van der Waals surface area contributed by atoms with Crippen LogP contribution in [-0.4, -0.2) is 21.0 Å². The maximum absolute atomic E-state index is 12.3. The number of fused-ring (bicyclic) bond motifs is 3. The number of aliphatic imine (C=N–C) groups is 1. The molecule has 0 radical (unpaired) electrons. The summed E-state index contributed by atoms with van der Waals surface area (Å²) in [7, 11) is 0. The van der Waals surface area contributed by atoms with Crippen molar-refractivity contribution in [3.05, 3.63) is 46.5 Å². The number of amidine groups is 1. The van der Waals surface area contributed by atoms with E-state index < -0.39 is 0 Å². The number of carbonyl (C=O) groups is 1. The Balaban J connectivity index is 1.80. The van der Waals surface area contributed by atoms with E-state index in [4.69, 9.17) is 4.42 Å². The number of hydrogen-bond donors (Lipinski definition) is 1. The van der Waals surface area contributed by atoms with Crippen LogP contribution in [0.3, 0.4) is 0 Å². The third-order valence-corrected chi connectivity index (χ3v) is 3.88. The Labute approximate surface area is 116 Å². The van der Waals surface area contributed by atoms with E-state index in [1.807, 2.05) is 0 Å². The minimum absolute atomic E-state index is 0.259. The topological polar surface area (TPSA) is 91.6 Å². The number of aromatic amines is 1. The van der Waals surface area contributed by atoms with Crippen molar-refractivity contribution in [2.75, 3.05) is 4.90 Å². The summed E-state index contributed by atoms with van der Waals surface area (Å²) in [6, 6.07) is 3.46. The third kappa shape index (κ3) is 1.48. The number of thioether (sulfide) groups is 1. The zero-order valence-electron chi connectivity index (χ0n) is 9.86. The molecule has 4 heterocycles. The first-order valence-electron chi connectivity index (χ1n) is 5.68. The highest BCUT2D eigenvalue weighted by Gasteiger charge is 2.41. The molecule has 0 atom stereocenters. The van der Waals surface area contributed by atoms with Gasteiger partial charge in [-0.15, -0.1) is 0 Å². The third-order valence-electron chi connectivity index (χ3n) is 2.85. The fraction of sp³-hybridized carbons (Fsp3) is 0. The van der Waals surface area contributed by atoms with Crippen molar-refractivity contribution >= 4 is 34.7 Å². The summed E-state index contributed by atoms with van der Waals surface area (Å²) in [5, 5.41) is 0.437. The lowest BCUT2D eigenvalue weighted by Gasteiger charge is -2.07. The zero-order valence-corrected chi connectivity index (χ0v) is 10.7. The van der Waals surface area contributed by atoms with E-state index in [-0.39, 0.29) is 17.2 Å².